The van der Waals surface area contributed by atoms with Crippen LogP contribution >= 0.6 is 0 Å². The number of nitrogens with zero attached hydrogens (tertiary/aromatic N) is 4. The van der Waals surface area contributed by atoms with E-state index in [2.05, 4.69) is 39.2 Å². The first-order valence-electron chi connectivity index (χ1n) is 8.60. The van der Waals surface area contributed by atoms with Crippen LogP contribution in [0.4, 0.5) is 10.1 Å². The largest absolute Gasteiger partial charge is 0.367 e. The van der Waals surface area contributed by atoms with Gasteiger partial charge in [-0.15, -0.1) is 0 Å². The summed E-state index contributed by atoms with van der Waals surface area (Å²) >= 11 is 0. The highest BCUT2D eigenvalue weighted by Crippen LogP contribution is 2.21. The number of para-hydroxylation sites is 1. The maximum absolute atomic E-state index is 13.9. The fourth-order valence-electron chi connectivity index (χ4n) is 3.29. The fourth-order valence-corrected chi connectivity index (χ4v) is 3.29. The van der Waals surface area contributed by atoms with Gasteiger partial charge in [0.05, 0.1) is 11.4 Å². The quantitative estimate of drug-likeness (QED) is 0.730. The second-order valence-electron chi connectivity index (χ2n) is 6.33. The molecule has 0 unspecified atom stereocenters. The summed E-state index contributed by atoms with van der Waals surface area (Å²) in [5.41, 5.74) is 3.07. The van der Waals surface area contributed by atoms with Gasteiger partial charge in [-0.05, 0) is 35.9 Å². The van der Waals surface area contributed by atoms with Gasteiger partial charge in [0.15, 0.2) is 0 Å². The van der Waals surface area contributed by atoms with Crippen LogP contribution in [0.1, 0.15) is 5.56 Å². The third-order valence-electron chi connectivity index (χ3n) is 4.68. The maximum atomic E-state index is 13.9. The lowest BCUT2D eigenvalue weighted by Crippen LogP contribution is -2.46. The molecule has 0 radical (unpaired) electrons. The van der Waals surface area contributed by atoms with E-state index in [4.69, 9.17) is 0 Å². The van der Waals surface area contributed by atoms with E-state index in [-0.39, 0.29) is 5.82 Å². The molecule has 0 N–H and O–H groups in total. The van der Waals surface area contributed by atoms with Crippen molar-refractivity contribution in [3.63, 3.8) is 0 Å². The minimum Gasteiger partial charge on any atom is -0.367 e. The lowest BCUT2D eigenvalue weighted by molar-refractivity contribution is 0.249. The Morgan fingerprint density at radius 2 is 1.64 bits per heavy atom. The van der Waals surface area contributed by atoms with Crippen LogP contribution in [0.15, 0.2) is 67.0 Å². The molecule has 2 heterocycles. The molecular weight excluding hydrogens is 315 g/mol. The molecule has 1 aliphatic heterocycles. The van der Waals surface area contributed by atoms with Crippen LogP contribution in [0.2, 0.25) is 0 Å². The SMILES string of the molecule is Fc1ccccc1N1CCN(Cc2ccc(-n3cccn3)cc2)CC1. The summed E-state index contributed by atoms with van der Waals surface area (Å²) < 4.78 is 15.8. The number of hydrogen-bond acceptors (Lipinski definition) is 3. The Morgan fingerprint density at radius 1 is 0.880 bits per heavy atom. The number of aromatic nitrogens is 2. The van der Waals surface area contributed by atoms with Crippen LogP contribution < -0.4 is 4.90 Å². The summed E-state index contributed by atoms with van der Waals surface area (Å²) in [6.45, 7) is 4.51. The maximum Gasteiger partial charge on any atom is 0.146 e. The number of piperazine rings is 1. The summed E-state index contributed by atoms with van der Waals surface area (Å²) in [6, 6.07) is 17.4. The molecule has 5 heteroatoms. The van der Waals surface area contributed by atoms with E-state index < -0.39 is 0 Å². The van der Waals surface area contributed by atoms with Gasteiger partial charge in [0.1, 0.15) is 5.82 Å². The molecule has 0 atom stereocenters. The number of halogens is 1. The van der Waals surface area contributed by atoms with Crippen LogP contribution in [0.3, 0.4) is 0 Å². The van der Waals surface area contributed by atoms with Crippen molar-refractivity contribution in [1.29, 1.82) is 0 Å². The predicted octanol–water partition coefficient (Wildman–Crippen LogP) is 3.33. The lowest BCUT2D eigenvalue weighted by atomic mass is 10.1. The van der Waals surface area contributed by atoms with Crippen molar-refractivity contribution in [1.82, 2.24) is 14.7 Å². The van der Waals surface area contributed by atoms with Crippen LogP contribution in [-0.4, -0.2) is 40.9 Å². The molecule has 2 aromatic carbocycles. The normalized spacial score (nSPS) is 15.5. The van der Waals surface area contributed by atoms with Gasteiger partial charge in [-0.25, -0.2) is 9.07 Å². The molecule has 0 saturated carbocycles. The molecule has 25 heavy (non-hydrogen) atoms. The van der Waals surface area contributed by atoms with E-state index >= 15 is 0 Å². The van der Waals surface area contributed by atoms with Crippen molar-refractivity contribution < 1.29 is 4.39 Å². The highest BCUT2D eigenvalue weighted by atomic mass is 19.1. The van der Waals surface area contributed by atoms with Gasteiger partial charge in [0, 0.05) is 45.1 Å². The number of hydrogen-bond donors (Lipinski definition) is 0. The molecule has 0 spiro atoms. The second-order valence-corrected chi connectivity index (χ2v) is 6.33. The van der Waals surface area contributed by atoms with E-state index in [1.165, 1.54) is 11.6 Å². The minimum absolute atomic E-state index is 0.134. The van der Waals surface area contributed by atoms with Crippen molar-refractivity contribution in [2.75, 3.05) is 31.1 Å². The molecule has 1 saturated heterocycles. The monoisotopic (exact) mass is 336 g/mol. The molecule has 128 valence electrons. The Hall–Kier alpha value is -2.66. The van der Waals surface area contributed by atoms with E-state index in [0.717, 1.165) is 38.4 Å². The second kappa shape index (κ2) is 7.07. The van der Waals surface area contributed by atoms with E-state index in [0.29, 0.717) is 5.69 Å². The predicted molar refractivity (Wildman–Crippen MR) is 97.5 cm³/mol. The van der Waals surface area contributed by atoms with E-state index in [1.807, 2.05) is 29.1 Å². The van der Waals surface area contributed by atoms with Gasteiger partial charge in [-0.3, -0.25) is 4.90 Å². The molecular formula is C20H21FN4. The van der Waals surface area contributed by atoms with Gasteiger partial charge < -0.3 is 4.90 Å². The van der Waals surface area contributed by atoms with Gasteiger partial charge >= 0.3 is 0 Å². The van der Waals surface area contributed by atoms with E-state index in [1.54, 1.807) is 12.3 Å². The van der Waals surface area contributed by atoms with Crippen molar-refractivity contribution in [2.45, 2.75) is 6.54 Å². The standard InChI is InChI=1S/C20H21FN4/c21-19-4-1-2-5-20(19)24-14-12-23(13-15-24)16-17-6-8-18(9-7-17)25-11-3-10-22-25/h1-11H,12-16H2. The molecule has 0 bridgehead atoms. The van der Waals surface area contributed by atoms with Crippen LogP contribution in [0, 0.1) is 5.82 Å². The average Bonchev–Trinajstić information content (AvgIpc) is 3.18. The molecule has 4 rings (SSSR count). The van der Waals surface area contributed by atoms with Crippen LogP contribution in [-0.2, 0) is 6.54 Å². The summed E-state index contributed by atoms with van der Waals surface area (Å²) in [5, 5.41) is 4.25. The van der Waals surface area contributed by atoms with Crippen molar-refractivity contribution >= 4 is 5.69 Å². The fraction of sp³-hybridized carbons (Fsp3) is 0.250. The topological polar surface area (TPSA) is 24.3 Å². The Bertz CT molecular complexity index is 806. The molecule has 1 aromatic heterocycles. The molecule has 3 aromatic rings. The van der Waals surface area contributed by atoms with E-state index in [9.17, 15) is 4.39 Å². The van der Waals surface area contributed by atoms with Gasteiger partial charge in [-0.1, -0.05) is 24.3 Å². The summed E-state index contributed by atoms with van der Waals surface area (Å²) in [6.07, 6.45) is 3.72. The third kappa shape index (κ3) is 3.56. The average molecular weight is 336 g/mol. The molecule has 0 aliphatic carbocycles. The number of rotatable bonds is 4. The first-order valence-corrected chi connectivity index (χ1v) is 8.60. The van der Waals surface area contributed by atoms with Crippen molar-refractivity contribution in [2.24, 2.45) is 0 Å². The Kier molecular flexibility index (Phi) is 4.48. The highest BCUT2D eigenvalue weighted by molar-refractivity contribution is 5.48. The molecule has 1 fully saturated rings. The molecule has 1 aliphatic rings. The van der Waals surface area contributed by atoms with Gasteiger partial charge in [-0.2, -0.15) is 5.10 Å². The van der Waals surface area contributed by atoms with Gasteiger partial charge in [0.25, 0.3) is 0 Å². The van der Waals surface area contributed by atoms with Crippen molar-refractivity contribution in [3.05, 3.63) is 78.4 Å². The summed E-state index contributed by atoms with van der Waals surface area (Å²) in [5.74, 6) is -0.134. The smallest absolute Gasteiger partial charge is 0.146 e. The minimum atomic E-state index is -0.134. The number of benzene rings is 2. The number of anilines is 1. The van der Waals surface area contributed by atoms with Gasteiger partial charge in [0.2, 0.25) is 0 Å². The zero-order chi connectivity index (χ0) is 17.1. The Labute approximate surface area is 147 Å². The van der Waals surface area contributed by atoms with Crippen molar-refractivity contribution in [3.8, 4) is 5.69 Å². The summed E-state index contributed by atoms with van der Waals surface area (Å²) in [7, 11) is 0. The third-order valence-corrected chi connectivity index (χ3v) is 4.68. The lowest BCUT2D eigenvalue weighted by Gasteiger charge is -2.36. The molecule has 0 amide bonds. The zero-order valence-electron chi connectivity index (χ0n) is 14.1. The summed E-state index contributed by atoms with van der Waals surface area (Å²) in [4.78, 5) is 4.55. The molecule has 4 nitrogen and oxygen atoms in total. The van der Waals surface area contributed by atoms with Crippen LogP contribution in [0.5, 0.6) is 0 Å². The first kappa shape index (κ1) is 15.8. The Morgan fingerprint density at radius 3 is 2.32 bits per heavy atom. The first-order chi connectivity index (χ1) is 12.3. The zero-order valence-corrected chi connectivity index (χ0v) is 14.1. The van der Waals surface area contributed by atoms with Crippen LogP contribution in [0.25, 0.3) is 5.69 Å². The Balaban J connectivity index is 1.35. The highest BCUT2D eigenvalue weighted by Gasteiger charge is 2.19.